The first-order chi connectivity index (χ1) is 20.7. The van der Waals surface area contributed by atoms with Gasteiger partial charge in [0.15, 0.2) is 0 Å². The average molecular weight is 579 g/mol. The maximum Gasteiger partial charge on any atom is 0.320 e. The summed E-state index contributed by atoms with van der Waals surface area (Å²) in [6.07, 6.45) is 3.11. The normalized spacial score (nSPS) is 16.6. The summed E-state index contributed by atoms with van der Waals surface area (Å²) in [5.41, 5.74) is 5.78. The number of nitrogens with one attached hydrogen (secondary N) is 2. The van der Waals surface area contributed by atoms with Crippen LogP contribution in [0.3, 0.4) is 0 Å². The van der Waals surface area contributed by atoms with E-state index in [1.165, 1.54) is 0 Å². The lowest BCUT2D eigenvalue weighted by Crippen LogP contribution is -2.36. The number of fused-ring (bicyclic) bond motifs is 2. The van der Waals surface area contributed by atoms with E-state index in [-0.39, 0.29) is 30.2 Å². The molecule has 0 unspecified atom stereocenters. The van der Waals surface area contributed by atoms with Crippen LogP contribution in [0.15, 0.2) is 79.0 Å². The van der Waals surface area contributed by atoms with Crippen LogP contribution in [0, 0.1) is 6.92 Å². The quantitative estimate of drug-likeness (QED) is 0.202. The minimum absolute atomic E-state index is 0.0197. The Hall–Kier alpha value is -4.63. The van der Waals surface area contributed by atoms with Crippen molar-refractivity contribution < 1.29 is 14.6 Å². The van der Waals surface area contributed by atoms with Gasteiger partial charge in [0.25, 0.3) is 0 Å². The molecule has 2 heterocycles. The first-order valence-corrected chi connectivity index (χ1v) is 14.8. The number of aryl methyl sites for hydroxylation is 1. The predicted octanol–water partition coefficient (Wildman–Crippen LogP) is 6.60. The number of nitrogens with zero attached hydrogens (tertiary/aromatic N) is 4. The van der Waals surface area contributed by atoms with Crippen LogP contribution in [0.2, 0.25) is 0 Å². The number of rotatable bonds is 7. The highest BCUT2D eigenvalue weighted by molar-refractivity contribution is 5.89. The SMILES string of the molecule is Cc1ccc(-n2nc(C(C)(C)C)cc2NC(=O)N[C@H]2CC[C@@H](Oc3ccc4cnn(CCO)c4c3)c3ccccc32)cc1. The Balaban J connectivity index is 1.20. The molecule has 43 heavy (non-hydrogen) atoms. The Bertz CT molecular complexity index is 1750. The topological polar surface area (TPSA) is 106 Å². The van der Waals surface area contributed by atoms with E-state index in [2.05, 4.69) is 48.6 Å². The number of benzene rings is 3. The fourth-order valence-electron chi connectivity index (χ4n) is 5.61. The molecule has 0 aliphatic heterocycles. The average Bonchev–Trinajstić information content (AvgIpc) is 3.59. The van der Waals surface area contributed by atoms with E-state index in [9.17, 15) is 9.90 Å². The van der Waals surface area contributed by atoms with Gasteiger partial charge in [0.1, 0.15) is 17.7 Å². The monoisotopic (exact) mass is 578 g/mol. The van der Waals surface area contributed by atoms with Gasteiger partial charge >= 0.3 is 6.03 Å². The molecule has 1 aliphatic carbocycles. The molecule has 6 rings (SSSR count). The van der Waals surface area contributed by atoms with Gasteiger partial charge in [-0.2, -0.15) is 10.2 Å². The van der Waals surface area contributed by atoms with Crippen LogP contribution in [-0.4, -0.2) is 37.3 Å². The zero-order valence-electron chi connectivity index (χ0n) is 25.0. The van der Waals surface area contributed by atoms with Gasteiger partial charge in [-0.25, -0.2) is 9.48 Å². The lowest BCUT2D eigenvalue weighted by atomic mass is 9.85. The molecule has 2 atom stereocenters. The van der Waals surface area contributed by atoms with Crippen LogP contribution in [0.25, 0.3) is 16.6 Å². The molecular formula is C34H38N6O3. The number of hydrogen-bond acceptors (Lipinski definition) is 5. The van der Waals surface area contributed by atoms with Crippen molar-refractivity contribution in [2.24, 2.45) is 0 Å². The van der Waals surface area contributed by atoms with Crippen molar-refractivity contribution in [3.05, 3.63) is 101 Å². The van der Waals surface area contributed by atoms with Gasteiger partial charge in [-0.05, 0) is 55.2 Å². The summed E-state index contributed by atoms with van der Waals surface area (Å²) >= 11 is 0. The van der Waals surface area contributed by atoms with Crippen LogP contribution in [0.1, 0.15) is 68.1 Å². The lowest BCUT2D eigenvalue weighted by molar-refractivity contribution is 0.172. The molecule has 3 N–H and O–H groups in total. The van der Waals surface area contributed by atoms with Crippen molar-refractivity contribution in [3.8, 4) is 11.4 Å². The van der Waals surface area contributed by atoms with Gasteiger partial charge in [-0.15, -0.1) is 0 Å². The van der Waals surface area contributed by atoms with Gasteiger partial charge in [-0.1, -0.05) is 62.7 Å². The molecule has 9 heteroatoms. The number of aromatic nitrogens is 4. The van der Waals surface area contributed by atoms with Crippen LogP contribution >= 0.6 is 0 Å². The molecule has 5 aromatic rings. The maximum absolute atomic E-state index is 13.4. The second kappa shape index (κ2) is 11.6. The van der Waals surface area contributed by atoms with Crippen LogP contribution in [0.4, 0.5) is 10.6 Å². The van der Waals surface area contributed by atoms with Crippen LogP contribution in [0.5, 0.6) is 5.75 Å². The number of urea groups is 1. The molecule has 0 radical (unpaired) electrons. The van der Waals surface area contributed by atoms with Crippen molar-refractivity contribution in [2.45, 2.75) is 64.6 Å². The minimum Gasteiger partial charge on any atom is -0.486 e. The van der Waals surface area contributed by atoms with Gasteiger partial charge in [-0.3, -0.25) is 10.00 Å². The van der Waals surface area contributed by atoms with Crippen LogP contribution < -0.4 is 15.4 Å². The van der Waals surface area contributed by atoms with E-state index in [4.69, 9.17) is 9.84 Å². The Morgan fingerprint density at radius 3 is 2.53 bits per heavy atom. The molecule has 3 aromatic carbocycles. The molecule has 1 aliphatic rings. The summed E-state index contributed by atoms with van der Waals surface area (Å²) in [4.78, 5) is 13.4. The first-order valence-electron chi connectivity index (χ1n) is 14.8. The molecule has 0 bridgehead atoms. The largest absolute Gasteiger partial charge is 0.486 e. The maximum atomic E-state index is 13.4. The molecule has 0 saturated carbocycles. The molecule has 0 spiro atoms. The zero-order valence-corrected chi connectivity index (χ0v) is 25.0. The van der Waals surface area contributed by atoms with Crippen LogP contribution in [-0.2, 0) is 12.0 Å². The van der Waals surface area contributed by atoms with Gasteiger partial charge < -0.3 is 15.2 Å². The summed E-state index contributed by atoms with van der Waals surface area (Å²) in [5.74, 6) is 1.36. The number of ether oxygens (including phenoxy) is 1. The molecule has 0 saturated heterocycles. The fourth-order valence-corrected chi connectivity index (χ4v) is 5.61. The Morgan fingerprint density at radius 2 is 1.79 bits per heavy atom. The Kier molecular flexibility index (Phi) is 7.66. The molecule has 2 aromatic heterocycles. The van der Waals surface area contributed by atoms with E-state index in [1.54, 1.807) is 15.6 Å². The van der Waals surface area contributed by atoms with Gasteiger partial charge in [0, 0.05) is 22.9 Å². The molecule has 9 nitrogen and oxygen atoms in total. The van der Waals surface area contributed by atoms with Crippen molar-refractivity contribution in [1.82, 2.24) is 24.9 Å². The number of hydrogen-bond donors (Lipinski definition) is 3. The molecule has 222 valence electrons. The van der Waals surface area contributed by atoms with Gasteiger partial charge in [0.2, 0.25) is 0 Å². The highest BCUT2D eigenvalue weighted by atomic mass is 16.5. The van der Waals surface area contributed by atoms with Crippen molar-refractivity contribution in [3.63, 3.8) is 0 Å². The van der Waals surface area contributed by atoms with E-state index in [0.29, 0.717) is 12.4 Å². The predicted molar refractivity (Wildman–Crippen MR) is 168 cm³/mol. The summed E-state index contributed by atoms with van der Waals surface area (Å²) in [7, 11) is 0. The van der Waals surface area contributed by atoms with Crippen molar-refractivity contribution in [2.75, 3.05) is 11.9 Å². The van der Waals surface area contributed by atoms with E-state index in [0.717, 1.165) is 57.6 Å². The number of anilines is 1. The Morgan fingerprint density at radius 1 is 1.02 bits per heavy atom. The highest BCUT2D eigenvalue weighted by Gasteiger charge is 2.30. The second-order valence-corrected chi connectivity index (χ2v) is 12.2. The number of amides is 2. The standard InChI is InChI=1S/C34H38N6O3/c1-22-9-12-24(13-10-22)40-32(20-31(38-40)34(2,3)4)37-33(42)36-28-15-16-30(27-8-6-5-7-26(27)28)43-25-14-11-23-21-35-39(17-18-41)29(23)19-25/h5-14,19-21,28,30,41H,15-18H2,1-4H3,(H2,36,37,42)/t28-,30+/m0/s1. The summed E-state index contributed by atoms with van der Waals surface area (Å²) in [6.45, 7) is 8.82. The first kappa shape index (κ1) is 28.5. The number of carbonyl (C=O) groups excluding carboxylic acids is 1. The van der Waals surface area contributed by atoms with Crippen molar-refractivity contribution >= 4 is 22.8 Å². The zero-order chi connectivity index (χ0) is 30.1. The molecular weight excluding hydrogens is 540 g/mol. The fraction of sp³-hybridized carbons (Fsp3) is 0.324. The third-order valence-corrected chi connectivity index (χ3v) is 7.95. The van der Waals surface area contributed by atoms with E-state index < -0.39 is 0 Å². The summed E-state index contributed by atoms with van der Waals surface area (Å²) in [6, 6.07) is 23.6. The highest BCUT2D eigenvalue weighted by Crippen LogP contribution is 2.39. The molecule has 0 fully saturated rings. The smallest absolute Gasteiger partial charge is 0.320 e. The summed E-state index contributed by atoms with van der Waals surface area (Å²) in [5, 5.41) is 25.9. The minimum atomic E-state index is -0.282. The summed E-state index contributed by atoms with van der Waals surface area (Å²) < 4.78 is 10.1. The third-order valence-electron chi connectivity index (χ3n) is 7.95. The van der Waals surface area contributed by atoms with E-state index in [1.807, 2.05) is 67.6 Å². The second-order valence-electron chi connectivity index (χ2n) is 12.2. The lowest BCUT2D eigenvalue weighted by Gasteiger charge is -2.32. The van der Waals surface area contributed by atoms with Crippen molar-refractivity contribution in [1.29, 1.82) is 0 Å². The molecule has 2 amide bonds. The number of aliphatic hydroxyl groups excluding tert-OH is 1. The number of carbonyl (C=O) groups is 1. The third kappa shape index (κ3) is 5.99. The van der Waals surface area contributed by atoms with Gasteiger partial charge in [0.05, 0.1) is 42.3 Å². The Labute approximate surface area is 251 Å². The number of aliphatic hydroxyl groups is 1. The van der Waals surface area contributed by atoms with E-state index >= 15 is 0 Å².